The second kappa shape index (κ2) is 7.04. The lowest BCUT2D eigenvalue weighted by atomic mass is 10.2. The molecule has 0 atom stereocenters. The number of phenolic OH excluding ortho intramolecular Hbond substituents is 1. The highest BCUT2D eigenvalue weighted by Crippen LogP contribution is 2.24. The fourth-order valence-electron chi connectivity index (χ4n) is 2.68. The SMILES string of the molecule is NC(=Nc1ncccc1[N+](=O)[O-])N1CCN(c2cccc(O)c2)CC1. The normalized spacial score (nSPS) is 15.3. The van der Waals surface area contributed by atoms with E-state index in [1.807, 2.05) is 11.0 Å². The average Bonchev–Trinajstić information content (AvgIpc) is 2.62. The number of nitrogens with two attached hydrogens (primary N) is 1. The van der Waals surface area contributed by atoms with Crippen molar-refractivity contribution in [1.82, 2.24) is 9.88 Å². The first-order chi connectivity index (χ1) is 12.0. The number of nitro groups is 1. The van der Waals surface area contributed by atoms with E-state index in [0.717, 1.165) is 5.69 Å². The van der Waals surface area contributed by atoms with Crippen LogP contribution in [0.25, 0.3) is 0 Å². The summed E-state index contributed by atoms with van der Waals surface area (Å²) in [7, 11) is 0. The number of anilines is 1. The number of rotatable bonds is 3. The van der Waals surface area contributed by atoms with Crippen molar-refractivity contribution in [2.24, 2.45) is 10.7 Å². The van der Waals surface area contributed by atoms with Gasteiger partial charge in [-0.2, -0.15) is 4.99 Å². The number of nitrogens with zero attached hydrogens (tertiary/aromatic N) is 5. The van der Waals surface area contributed by atoms with Gasteiger partial charge in [0.25, 0.3) is 0 Å². The fraction of sp³-hybridized carbons (Fsp3) is 0.250. The molecule has 0 radical (unpaired) electrons. The number of benzene rings is 1. The van der Waals surface area contributed by atoms with Gasteiger partial charge < -0.3 is 20.6 Å². The fourth-order valence-corrected chi connectivity index (χ4v) is 2.68. The molecule has 9 heteroatoms. The maximum atomic E-state index is 11.0. The highest BCUT2D eigenvalue weighted by Gasteiger charge is 2.20. The zero-order valence-corrected chi connectivity index (χ0v) is 13.4. The molecule has 1 saturated heterocycles. The van der Waals surface area contributed by atoms with Crippen LogP contribution in [0.3, 0.4) is 0 Å². The number of hydrogen-bond acceptors (Lipinski definition) is 6. The van der Waals surface area contributed by atoms with E-state index in [4.69, 9.17) is 5.73 Å². The van der Waals surface area contributed by atoms with Crippen molar-refractivity contribution in [3.8, 4) is 5.75 Å². The quantitative estimate of drug-likeness (QED) is 0.375. The highest BCUT2D eigenvalue weighted by molar-refractivity contribution is 5.82. The molecule has 1 aromatic heterocycles. The second-order valence-electron chi connectivity index (χ2n) is 5.57. The van der Waals surface area contributed by atoms with E-state index in [2.05, 4.69) is 14.9 Å². The molecular formula is C16H18N6O3. The first kappa shape index (κ1) is 16.5. The number of aromatic nitrogens is 1. The Hall–Kier alpha value is -3.36. The number of aliphatic imine (C=N–C) groups is 1. The third kappa shape index (κ3) is 3.77. The molecule has 25 heavy (non-hydrogen) atoms. The summed E-state index contributed by atoms with van der Waals surface area (Å²) in [5.41, 5.74) is 6.78. The molecule has 3 rings (SSSR count). The van der Waals surface area contributed by atoms with E-state index in [0.29, 0.717) is 26.2 Å². The monoisotopic (exact) mass is 342 g/mol. The van der Waals surface area contributed by atoms with Gasteiger partial charge in [-0.1, -0.05) is 6.07 Å². The summed E-state index contributed by atoms with van der Waals surface area (Å²) in [5, 5.41) is 20.6. The summed E-state index contributed by atoms with van der Waals surface area (Å²) in [6.07, 6.45) is 1.44. The molecule has 0 amide bonds. The summed E-state index contributed by atoms with van der Waals surface area (Å²) < 4.78 is 0. The predicted molar refractivity (Wildman–Crippen MR) is 94.1 cm³/mol. The number of guanidine groups is 1. The van der Waals surface area contributed by atoms with Gasteiger partial charge in [0.2, 0.25) is 5.82 Å². The molecule has 1 aromatic carbocycles. The Bertz CT molecular complexity index is 802. The Kier molecular flexibility index (Phi) is 4.64. The van der Waals surface area contributed by atoms with E-state index in [1.165, 1.54) is 18.3 Å². The van der Waals surface area contributed by atoms with Gasteiger partial charge in [-0.05, 0) is 18.2 Å². The Morgan fingerprint density at radius 3 is 2.68 bits per heavy atom. The van der Waals surface area contributed by atoms with Crippen LogP contribution >= 0.6 is 0 Å². The number of hydrogen-bond donors (Lipinski definition) is 2. The van der Waals surface area contributed by atoms with Crippen molar-refractivity contribution in [1.29, 1.82) is 0 Å². The van der Waals surface area contributed by atoms with Gasteiger partial charge >= 0.3 is 5.69 Å². The zero-order chi connectivity index (χ0) is 17.8. The molecule has 9 nitrogen and oxygen atoms in total. The van der Waals surface area contributed by atoms with Crippen molar-refractivity contribution in [2.75, 3.05) is 31.1 Å². The van der Waals surface area contributed by atoms with Crippen LogP contribution < -0.4 is 10.6 Å². The zero-order valence-electron chi connectivity index (χ0n) is 13.4. The van der Waals surface area contributed by atoms with Gasteiger partial charge in [0.05, 0.1) is 4.92 Å². The van der Waals surface area contributed by atoms with Gasteiger partial charge in [0.1, 0.15) is 5.75 Å². The molecule has 1 fully saturated rings. The Labute approximate surface area is 144 Å². The van der Waals surface area contributed by atoms with Gasteiger partial charge in [-0.3, -0.25) is 10.1 Å². The molecule has 0 spiro atoms. The molecule has 3 N–H and O–H groups in total. The number of phenols is 1. The van der Waals surface area contributed by atoms with Crippen molar-refractivity contribution in [2.45, 2.75) is 0 Å². The van der Waals surface area contributed by atoms with E-state index in [-0.39, 0.29) is 23.2 Å². The van der Waals surface area contributed by atoms with Crippen molar-refractivity contribution in [3.05, 3.63) is 52.7 Å². The smallest absolute Gasteiger partial charge is 0.313 e. The molecular weight excluding hydrogens is 324 g/mol. The van der Waals surface area contributed by atoms with Gasteiger partial charge in [0.15, 0.2) is 5.96 Å². The summed E-state index contributed by atoms with van der Waals surface area (Å²) in [6, 6.07) is 9.91. The lowest BCUT2D eigenvalue weighted by Gasteiger charge is -2.36. The van der Waals surface area contributed by atoms with Crippen LogP contribution in [0.4, 0.5) is 17.2 Å². The molecule has 2 heterocycles. The van der Waals surface area contributed by atoms with E-state index in [1.54, 1.807) is 18.2 Å². The Morgan fingerprint density at radius 2 is 2.00 bits per heavy atom. The molecule has 0 unspecified atom stereocenters. The Morgan fingerprint density at radius 1 is 1.24 bits per heavy atom. The average molecular weight is 342 g/mol. The molecule has 0 saturated carbocycles. The van der Waals surface area contributed by atoms with Gasteiger partial charge in [-0.25, -0.2) is 4.98 Å². The first-order valence-electron chi connectivity index (χ1n) is 7.77. The van der Waals surface area contributed by atoms with E-state index >= 15 is 0 Å². The first-order valence-corrected chi connectivity index (χ1v) is 7.77. The number of pyridine rings is 1. The Balaban J connectivity index is 1.69. The van der Waals surface area contributed by atoms with Crippen molar-refractivity contribution in [3.63, 3.8) is 0 Å². The molecule has 1 aliphatic heterocycles. The van der Waals surface area contributed by atoms with Gasteiger partial charge in [0, 0.05) is 50.2 Å². The number of aromatic hydroxyl groups is 1. The molecule has 1 aliphatic rings. The lowest BCUT2D eigenvalue weighted by molar-refractivity contribution is -0.384. The third-order valence-corrected chi connectivity index (χ3v) is 3.98. The molecule has 0 bridgehead atoms. The molecule has 0 aliphatic carbocycles. The van der Waals surface area contributed by atoms with Crippen LogP contribution in [-0.2, 0) is 0 Å². The van der Waals surface area contributed by atoms with Crippen LogP contribution in [0.5, 0.6) is 5.75 Å². The summed E-state index contributed by atoms with van der Waals surface area (Å²) >= 11 is 0. The third-order valence-electron chi connectivity index (χ3n) is 3.98. The summed E-state index contributed by atoms with van der Waals surface area (Å²) in [4.78, 5) is 22.5. The highest BCUT2D eigenvalue weighted by atomic mass is 16.6. The van der Waals surface area contributed by atoms with Crippen molar-refractivity contribution >= 4 is 23.2 Å². The maximum absolute atomic E-state index is 11.0. The topological polar surface area (TPSA) is 121 Å². The van der Waals surface area contributed by atoms with Crippen LogP contribution in [-0.4, -0.2) is 52.1 Å². The van der Waals surface area contributed by atoms with Crippen LogP contribution in [0.1, 0.15) is 0 Å². The minimum Gasteiger partial charge on any atom is -0.508 e. The molecule has 130 valence electrons. The minimum atomic E-state index is -0.529. The van der Waals surface area contributed by atoms with Crippen LogP contribution in [0, 0.1) is 10.1 Å². The molecule has 2 aromatic rings. The summed E-state index contributed by atoms with van der Waals surface area (Å²) in [6.45, 7) is 2.63. The number of piperazine rings is 1. The minimum absolute atomic E-state index is 0.000381. The second-order valence-corrected chi connectivity index (χ2v) is 5.57. The predicted octanol–water partition coefficient (Wildman–Crippen LogP) is 1.46. The summed E-state index contributed by atoms with van der Waals surface area (Å²) in [5.74, 6) is 0.432. The van der Waals surface area contributed by atoms with E-state index in [9.17, 15) is 15.2 Å². The van der Waals surface area contributed by atoms with E-state index < -0.39 is 4.92 Å². The van der Waals surface area contributed by atoms with Crippen LogP contribution in [0.15, 0.2) is 47.6 Å². The largest absolute Gasteiger partial charge is 0.508 e. The standard InChI is InChI=1S/C16H18N6O3/c17-16(19-15-14(22(24)25)5-2-6-18-15)21-9-7-20(8-10-21)12-3-1-4-13(23)11-12/h1-6,11,23H,7-10H2,(H2,17,18,19). The lowest BCUT2D eigenvalue weighted by Crippen LogP contribution is -2.51. The van der Waals surface area contributed by atoms with Crippen LogP contribution in [0.2, 0.25) is 0 Å². The van der Waals surface area contributed by atoms with Crippen molar-refractivity contribution < 1.29 is 10.0 Å². The maximum Gasteiger partial charge on any atom is 0.313 e. The van der Waals surface area contributed by atoms with Gasteiger partial charge in [-0.15, -0.1) is 0 Å².